The van der Waals surface area contributed by atoms with Gasteiger partial charge in [0, 0.05) is 29.3 Å². The van der Waals surface area contributed by atoms with Crippen LogP contribution in [0.1, 0.15) is 74.5 Å². The molecule has 8 heteroatoms. The van der Waals surface area contributed by atoms with E-state index in [0.717, 1.165) is 17.7 Å². The second kappa shape index (κ2) is 11.5. The summed E-state index contributed by atoms with van der Waals surface area (Å²) in [5, 5.41) is 18.2. The van der Waals surface area contributed by atoms with Gasteiger partial charge in [0.15, 0.2) is 0 Å². The van der Waals surface area contributed by atoms with Gasteiger partial charge in [-0.15, -0.1) is 0 Å². The molecule has 0 bridgehead atoms. The van der Waals surface area contributed by atoms with E-state index in [1.807, 2.05) is 12.1 Å². The first-order valence-corrected chi connectivity index (χ1v) is 12.3. The summed E-state index contributed by atoms with van der Waals surface area (Å²) >= 11 is 0. The Hall–Kier alpha value is -3.83. The number of alkyl carbamates (subject to hydrolysis) is 1. The summed E-state index contributed by atoms with van der Waals surface area (Å²) in [5.41, 5.74) is 1.04. The second-order valence-corrected chi connectivity index (χ2v) is 10.8. The highest BCUT2D eigenvalue weighted by atomic mass is 16.6. The maximum Gasteiger partial charge on any atom is 0.408 e. The lowest BCUT2D eigenvalue weighted by Crippen LogP contribution is -2.62. The molecule has 8 nitrogen and oxygen atoms in total. The molecule has 2 aromatic rings. The number of carboxylic acids is 1. The number of carbonyl (C=O) groups is 3. The molecule has 0 saturated heterocycles. The molecule has 1 aliphatic rings. The van der Waals surface area contributed by atoms with Crippen molar-refractivity contribution in [3.63, 3.8) is 0 Å². The number of amides is 2. The first-order valence-electron chi connectivity index (χ1n) is 12.3. The zero-order chi connectivity index (χ0) is 27.2. The van der Waals surface area contributed by atoms with E-state index in [0.29, 0.717) is 6.04 Å². The largest absolute Gasteiger partial charge is 0.480 e. The van der Waals surface area contributed by atoms with Crippen molar-refractivity contribution >= 4 is 18.0 Å². The van der Waals surface area contributed by atoms with Crippen LogP contribution in [0, 0.1) is 11.8 Å². The molecule has 4 N–H and O–H groups in total. The van der Waals surface area contributed by atoms with Crippen molar-refractivity contribution in [2.45, 2.75) is 77.2 Å². The molecule has 1 fully saturated rings. The Labute approximate surface area is 218 Å². The van der Waals surface area contributed by atoms with Crippen molar-refractivity contribution in [2.75, 3.05) is 0 Å². The van der Waals surface area contributed by atoms with Crippen LogP contribution in [-0.2, 0) is 16.1 Å². The normalized spacial score (nSPS) is 14.1. The van der Waals surface area contributed by atoms with Crippen molar-refractivity contribution < 1.29 is 24.2 Å². The average molecular weight is 506 g/mol. The minimum absolute atomic E-state index is 0.275. The number of aliphatic carboxylic acids is 1. The molecule has 1 aliphatic carbocycles. The molecule has 3 rings (SSSR count). The summed E-state index contributed by atoms with van der Waals surface area (Å²) in [6.07, 6.45) is 1.74. The van der Waals surface area contributed by atoms with Crippen molar-refractivity contribution in [3.05, 3.63) is 70.8 Å². The summed E-state index contributed by atoms with van der Waals surface area (Å²) in [7, 11) is 0. The van der Waals surface area contributed by atoms with Gasteiger partial charge >= 0.3 is 12.1 Å². The van der Waals surface area contributed by atoms with E-state index >= 15 is 0 Å². The average Bonchev–Trinajstić information content (AvgIpc) is 3.63. The Morgan fingerprint density at radius 1 is 0.946 bits per heavy atom. The maximum atomic E-state index is 12.8. The molecule has 2 aromatic carbocycles. The number of hydrogen-bond acceptors (Lipinski definition) is 5. The van der Waals surface area contributed by atoms with Gasteiger partial charge in [-0.05, 0) is 89.4 Å². The van der Waals surface area contributed by atoms with E-state index < -0.39 is 35.2 Å². The third-order valence-corrected chi connectivity index (χ3v) is 5.69. The lowest BCUT2D eigenvalue weighted by molar-refractivity contribution is -0.141. The quantitative estimate of drug-likeness (QED) is 0.405. The standard InChI is InChI=1S/C29H35N3O5/c1-28(2,3)37-27(36)32-29(4,5)24(26(34)35)31-25(33)22-14-12-20(13-15-22)7-6-19-8-10-21(11-9-19)18-30-23-16-17-23/h8-15,23-24,30H,16-18H2,1-5H3,(H,31,33)(H,32,36)(H,34,35)/t24-/m1/s1. The predicted octanol–water partition coefficient (Wildman–Crippen LogP) is 3.82. The Bertz CT molecular complexity index is 1180. The summed E-state index contributed by atoms with van der Waals surface area (Å²) < 4.78 is 5.22. The summed E-state index contributed by atoms with van der Waals surface area (Å²) in [5.74, 6) is 4.32. The molecule has 1 atom stereocenters. The molecule has 0 spiro atoms. The molecule has 196 valence electrons. The smallest absolute Gasteiger partial charge is 0.408 e. The number of rotatable bonds is 8. The van der Waals surface area contributed by atoms with Gasteiger partial charge in [0.05, 0.1) is 5.54 Å². The van der Waals surface area contributed by atoms with Gasteiger partial charge in [0.1, 0.15) is 11.6 Å². The Morgan fingerprint density at radius 2 is 1.49 bits per heavy atom. The summed E-state index contributed by atoms with van der Waals surface area (Å²) in [6.45, 7) is 8.98. The molecule has 0 radical (unpaired) electrons. The fraction of sp³-hybridized carbons (Fsp3) is 0.414. The van der Waals surface area contributed by atoms with Crippen LogP contribution in [0.2, 0.25) is 0 Å². The number of benzene rings is 2. The lowest BCUT2D eigenvalue weighted by atomic mass is 9.94. The van der Waals surface area contributed by atoms with Crippen LogP contribution in [0.25, 0.3) is 0 Å². The monoisotopic (exact) mass is 505 g/mol. The van der Waals surface area contributed by atoms with E-state index in [2.05, 4.69) is 39.9 Å². The molecule has 2 amide bonds. The van der Waals surface area contributed by atoms with Crippen LogP contribution >= 0.6 is 0 Å². The highest BCUT2D eigenvalue weighted by Crippen LogP contribution is 2.19. The van der Waals surface area contributed by atoms with E-state index in [4.69, 9.17) is 4.74 Å². The van der Waals surface area contributed by atoms with Crippen molar-refractivity contribution in [1.82, 2.24) is 16.0 Å². The zero-order valence-corrected chi connectivity index (χ0v) is 22.0. The minimum Gasteiger partial charge on any atom is -0.480 e. The van der Waals surface area contributed by atoms with Gasteiger partial charge in [-0.3, -0.25) is 4.79 Å². The topological polar surface area (TPSA) is 117 Å². The first kappa shape index (κ1) is 27.8. The fourth-order valence-electron chi connectivity index (χ4n) is 3.51. The first-order chi connectivity index (χ1) is 17.3. The second-order valence-electron chi connectivity index (χ2n) is 10.8. The molecule has 37 heavy (non-hydrogen) atoms. The van der Waals surface area contributed by atoms with Crippen LogP contribution < -0.4 is 16.0 Å². The highest BCUT2D eigenvalue weighted by Gasteiger charge is 2.39. The van der Waals surface area contributed by atoms with Gasteiger partial charge in [0.25, 0.3) is 5.91 Å². The number of nitrogens with one attached hydrogen (secondary N) is 3. The van der Waals surface area contributed by atoms with Gasteiger partial charge in [-0.25, -0.2) is 9.59 Å². The van der Waals surface area contributed by atoms with Gasteiger partial charge < -0.3 is 25.8 Å². The number of carbonyl (C=O) groups excluding carboxylic acids is 2. The van der Waals surface area contributed by atoms with Crippen LogP contribution in [0.3, 0.4) is 0 Å². The number of hydrogen-bond donors (Lipinski definition) is 4. The van der Waals surface area contributed by atoms with Crippen molar-refractivity contribution in [3.8, 4) is 11.8 Å². The van der Waals surface area contributed by atoms with Crippen LogP contribution in [0.4, 0.5) is 4.79 Å². The predicted molar refractivity (Wildman–Crippen MR) is 141 cm³/mol. The van der Waals surface area contributed by atoms with Crippen LogP contribution in [-0.4, -0.2) is 46.3 Å². The highest BCUT2D eigenvalue weighted by molar-refractivity contribution is 5.97. The molecule has 0 heterocycles. The third kappa shape index (κ3) is 8.96. The molecule has 0 aromatic heterocycles. The lowest BCUT2D eigenvalue weighted by Gasteiger charge is -2.33. The maximum absolute atomic E-state index is 12.8. The van der Waals surface area contributed by atoms with Gasteiger partial charge in [-0.1, -0.05) is 24.0 Å². The summed E-state index contributed by atoms with van der Waals surface area (Å²) in [4.78, 5) is 36.9. The fourth-order valence-corrected chi connectivity index (χ4v) is 3.51. The SMILES string of the molecule is CC(C)(C)OC(=O)NC(C)(C)[C@H](NC(=O)c1ccc(C#Cc2ccc(CNC3CC3)cc2)cc1)C(=O)O. The molecular weight excluding hydrogens is 470 g/mol. The van der Waals surface area contributed by atoms with Gasteiger partial charge in [-0.2, -0.15) is 0 Å². The molecular formula is C29H35N3O5. The third-order valence-electron chi connectivity index (χ3n) is 5.69. The number of ether oxygens (including phenoxy) is 1. The van der Waals surface area contributed by atoms with Gasteiger partial charge in [0.2, 0.25) is 0 Å². The Kier molecular flexibility index (Phi) is 8.61. The van der Waals surface area contributed by atoms with E-state index in [9.17, 15) is 19.5 Å². The summed E-state index contributed by atoms with van der Waals surface area (Å²) in [6, 6.07) is 13.9. The molecule has 0 aliphatic heterocycles. The van der Waals surface area contributed by atoms with E-state index in [1.54, 1.807) is 45.0 Å². The molecule has 0 unspecified atom stereocenters. The van der Waals surface area contributed by atoms with Crippen molar-refractivity contribution in [2.24, 2.45) is 0 Å². The van der Waals surface area contributed by atoms with E-state index in [-0.39, 0.29) is 5.56 Å². The Morgan fingerprint density at radius 3 is 1.97 bits per heavy atom. The molecule has 1 saturated carbocycles. The van der Waals surface area contributed by atoms with Crippen LogP contribution in [0.5, 0.6) is 0 Å². The zero-order valence-electron chi connectivity index (χ0n) is 22.0. The minimum atomic E-state index is -1.39. The number of carboxylic acid groups (broad SMARTS) is 1. The van der Waals surface area contributed by atoms with Crippen LogP contribution in [0.15, 0.2) is 48.5 Å². The van der Waals surface area contributed by atoms with E-state index in [1.165, 1.54) is 32.3 Å². The Balaban J connectivity index is 1.60. The van der Waals surface area contributed by atoms with Crippen molar-refractivity contribution in [1.29, 1.82) is 0 Å².